The largest absolute Gasteiger partial charge is 0.477 e. The number of rotatable bonds is 6. The van der Waals surface area contributed by atoms with Gasteiger partial charge in [-0.2, -0.15) is 4.37 Å². The van der Waals surface area contributed by atoms with Gasteiger partial charge in [0.1, 0.15) is 9.88 Å². The molecule has 3 rings (SSSR count). The highest BCUT2D eigenvalue weighted by molar-refractivity contribution is 7.18. The third-order valence-corrected chi connectivity index (χ3v) is 5.43. The van der Waals surface area contributed by atoms with Crippen LogP contribution in [0.1, 0.15) is 38.2 Å². The number of hydrogen-bond donors (Lipinski definition) is 3. The van der Waals surface area contributed by atoms with Crippen LogP contribution < -0.4 is 10.6 Å². The fourth-order valence-electron chi connectivity index (χ4n) is 2.39. The maximum Gasteiger partial charge on any atom is 0.347 e. The number of aromatic carboxylic acids is 1. The number of amides is 1. The Morgan fingerprint density at radius 3 is 2.73 bits per heavy atom. The Hall–Kier alpha value is -2.78. The zero-order valence-corrected chi connectivity index (χ0v) is 15.7. The van der Waals surface area contributed by atoms with Gasteiger partial charge in [0.2, 0.25) is 0 Å². The van der Waals surface area contributed by atoms with Crippen LogP contribution in [0.2, 0.25) is 0 Å². The molecule has 0 aliphatic rings. The number of carbonyl (C=O) groups excluding carboxylic acids is 1. The third-order valence-electron chi connectivity index (χ3n) is 3.67. The van der Waals surface area contributed by atoms with Gasteiger partial charge in [0, 0.05) is 5.69 Å². The number of thiazole rings is 1. The van der Waals surface area contributed by atoms with Crippen molar-refractivity contribution in [1.82, 2.24) is 9.36 Å². The summed E-state index contributed by atoms with van der Waals surface area (Å²) < 4.78 is 4.24. The number of benzene rings is 1. The molecule has 0 bridgehead atoms. The number of carboxylic acid groups (broad SMARTS) is 1. The first kappa shape index (κ1) is 18.0. The molecule has 7 nitrogen and oxygen atoms in total. The smallest absolute Gasteiger partial charge is 0.347 e. The summed E-state index contributed by atoms with van der Waals surface area (Å²) in [5.41, 5.74) is 2.83. The molecular formula is C17H16N4O3S2. The van der Waals surface area contributed by atoms with Gasteiger partial charge < -0.3 is 15.7 Å². The Kier molecular flexibility index (Phi) is 5.29. The standard InChI is InChI=1S/C17H16N4O3S2/c1-3-10-6-4-5-7-11(10)19-14(22)13-9(2)21-26-15(13)20-17-18-8-12(25-17)16(23)24/h4-8H,3H2,1-2H3,(H,18,20)(H,19,22)(H,23,24). The van der Waals surface area contributed by atoms with Crippen molar-refractivity contribution in [3.8, 4) is 0 Å². The SMILES string of the molecule is CCc1ccccc1NC(=O)c1c(C)nsc1Nc1ncc(C(=O)O)s1. The van der Waals surface area contributed by atoms with E-state index in [4.69, 9.17) is 5.11 Å². The highest BCUT2D eigenvalue weighted by Crippen LogP contribution is 2.31. The molecule has 134 valence electrons. The topological polar surface area (TPSA) is 104 Å². The van der Waals surface area contributed by atoms with Crippen LogP contribution in [0, 0.1) is 6.92 Å². The summed E-state index contributed by atoms with van der Waals surface area (Å²) in [6.45, 7) is 3.78. The second kappa shape index (κ2) is 7.63. The Morgan fingerprint density at radius 1 is 1.27 bits per heavy atom. The molecule has 0 saturated heterocycles. The Balaban J connectivity index is 1.84. The molecule has 26 heavy (non-hydrogen) atoms. The van der Waals surface area contributed by atoms with E-state index in [1.54, 1.807) is 6.92 Å². The zero-order valence-electron chi connectivity index (χ0n) is 14.1. The summed E-state index contributed by atoms with van der Waals surface area (Å²) in [7, 11) is 0. The van der Waals surface area contributed by atoms with E-state index >= 15 is 0 Å². The van der Waals surface area contributed by atoms with Gasteiger partial charge in [-0.1, -0.05) is 36.5 Å². The molecular weight excluding hydrogens is 372 g/mol. The van der Waals surface area contributed by atoms with Crippen LogP contribution >= 0.6 is 22.9 Å². The van der Waals surface area contributed by atoms with Crippen molar-refractivity contribution in [3.63, 3.8) is 0 Å². The molecule has 2 heterocycles. The molecule has 2 aromatic heterocycles. The van der Waals surface area contributed by atoms with Gasteiger partial charge in [0.05, 0.1) is 17.5 Å². The van der Waals surface area contributed by atoms with Crippen LogP contribution in [0.5, 0.6) is 0 Å². The molecule has 0 fully saturated rings. The molecule has 1 aromatic carbocycles. The van der Waals surface area contributed by atoms with Crippen molar-refractivity contribution in [1.29, 1.82) is 0 Å². The molecule has 3 aromatic rings. The van der Waals surface area contributed by atoms with Crippen LogP contribution in [0.3, 0.4) is 0 Å². The number of carboxylic acids is 1. The molecule has 0 radical (unpaired) electrons. The van der Waals surface area contributed by atoms with E-state index in [1.807, 2.05) is 31.2 Å². The fraction of sp³-hybridized carbons (Fsp3) is 0.176. The number of hydrogen-bond acceptors (Lipinski definition) is 7. The van der Waals surface area contributed by atoms with E-state index in [0.717, 1.165) is 40.5 Å². The molecule has 1 amide bonds. The number of nitrogens with zero attached hydrogens (tertiary/aromatic N) is 2. The number of para-hydroxylation sites is 1. The zero-order chi connectivity index (χ0) is 18.7. The molecule has 3 N–H and O–H groups in total. The van der Waals surface area contributed by atoms with Crippen LogP contribution in [-0.2, 0) is 6.42 Å². The van der Waals surface area contributed by atoms with E-state index in [2.05, 4.69) is 20.0 Å². The number of nitrogens with one attached hydrogen (secondary N) is 2. The lowest BCUT2D eigenvalue weighted by atomic mass is 10.1. The van der Waals surface area contributed by atoms with E-state index < -0.39 is 5.97 Å². The Morgan fingerprint density at radius 2 is 2.04 bits per heavy atom. The van der Waals surface area contributed by atoms with E-state index in [1.165, 1.54) is 6.20 Å². The number of aromatic nitrogens is 2. The lowest BCUT2D eigenvalue weighted by molar-refractivity contribution is 0.0701. The summed E-state index contributed by atoms with van der Waals surface area (Å²) in [5.74, 6) is -1.31. The molecule has 0 aliphatic carbocycles. The van der Waals surface area contributed by atoms with Crippen molar-refractivity contribution < 1.29 is 14.7 Å². The normalized spacial score (nSPS) is 10.5. The second-order valence-corrected chi connectivity index (χ2v) is 7.20. The number of carbonyl (C=O) groups is 2. The molecule has 0 aliphatic heterocycles. The van der Waals surface area contributed by atoms with E-state index in [0.29, 0.717) is 21.4 Å². The monoisotopic (exact) mass is 388 g/mol. The average molecular weight is 388 g/mol. The first-order valence-electron chi connectivity index (χ1n) is 7.81. The summed E-state index contributed by atoms with van der Waals surface area (Å²) in [6, 6.07) is 7.63. The second-order valence-electron chi connectivity index (χ2n) is 5.40. The highest BCUT2D eigenvalue weighted by atomic mass is 32.1. The predicted molar refractivity (Wildman–Crippen MR) is 103 cm³/mol. The summed E-state index contributed by atoms with van der Waals surface area (Å²) in [4.78, 5) is 27.9. The predicted octanol–water partition coefficient (Wildman–Crippen LogP) is 4.16. The first-order valence-corrected chi connectivity index (χ1v) is 9.40. The number of aryl methyl sites for hydroxylation is 2. The molecule has 0 saturated carbocycles. The third kappa shape index (κ3) is 3.73. The molecule has 0 spiro atoms. The maximum absolute atomic E-state index is 12.8. The number of anilines is 3. The van der Waals surface area contributed by atoms with Gasteiger partial charge in [0.25, 0.3) is 5.91 Å². The van der Waals surface area contributed by atoms with Gasteiger partial charge in [-0.15, -0.1) is 0 Å². The first-order chi connectivity index (χ1) is 12.5. The maximum atomic E-state index is 12.8. The van der Waals surface area contributed by atoms with Crippen molar-refractivity contribution in [2.24, 2.45) is 0 Å². The molecule has 0 unspecified atom stereocenters. The van der Waals surface area contributed by atoms with Gasteiger partial charge >= 0.3 is 5.97 Å². The minimum absolute atomic E-state index is 0.122. The van der Waals surface area contributed by atoms with Crippen molar-refractivity contribution in [2.75, 3.05) is 10.6 Å². The lowest BCUT2D eigenvalue weighted by Gasteiger charge is -2.10. The van der Waals surface area contributed by atoms with Gasteiger partial charge in [-0.3, -0.25) is 4.79 Å². The van der Waals surface area contributed by atoms with Gasteiger partial charge in [-0.05, 0) is 36.5 Å². The lowest BCUT2D eigenvalue weighted by Crippen LogP contribution is -2.15. The summed E-state index contributed by atoms with van der Waals surface area (Å²) in [6.07, 6.45) is 2.08. The quantitative estimate of drug-likeness (QED) is 0.586. The Labute approximate surface area is 157 Å². The van der Waals surface area contributed by atoms with Gasteiger partial charge in [-0.25, -0.2) is 9.78 Å². The van der Waals surface area contributed by atoms with Crippen LogP contribution in [-0.4, -0.2) is 26.3 Å². The fourth-order valence-corrected chi connectivity index (χ4v) is 3.90. The minimum atomic E-state index is -1.04. The van der Waals surface area contributed by atoms with Crippen LogP contribution in [0.4, 0.5) is 15.8 Å². The van der Waals surface area contributed by atoms with Crippen molar-refractivity contribution in [3.05, 3.63) is 52.2 Å². The minimum Gasteiger partial charge on any atom is -0.477 e. The average Bonchev–Trinajstić information content (AvgIpc) is 3.23. The highest BCUT2D eigenvalue weighted by Gasteiger charge is 2.20. The summed E-state index contributed by atoms with van der Waals surface area (Å²) in [5, 5.41) is 15.9. The van der Waals surface area contributed by atoms with E-state index in [-0.39, 0.29) is 10.8 Å². The van der Waals surface area contributed by atoms with Crippen LogP contribution in [0.15, 0.2) is 30.5 Å². The molecule has 9 heteroatoms. The van der Waals surface area contributed by atoms with Gasteiger partial charge in [0.15, 0.2) is 5.13 Å². The van der Waals surface area contributed by atoms with Crippen LogP contribution in [0.25, 0.3) is 0 Å². The Bertz CT molecular complexity index is 965. The van der Waals surface area contributed by atoms with E-state index in [9.17, 15) is 9.59 Å². The molecule has 0 atom stereocenters. The summed E-state index contributed by atoms with van der Waals surface area (Å²) >= 11 is 2.14. The van der Waals surface area contributed by atoms with Crippen molar-refractivity contribution >= 4 is 50.6 Å². The van der Waals surface area contributed by atoms with Crippen molar-refractivity contribution in [2.45, 2.75) is 20.3 Å².